The van der Waals surface area contributed by atoms with Crippen LogP contribution in [0, 0.1) is 23.0 Å². The number of carbonyl (C=O) groups is 3. The molecule has 3 aromatic carbocycles. The van der Waals surface area contributed by atoms with Crippen molar-refractivity contribution in [1.29, 1.82) is 0 Å². The fourth-order valence-corrected chi connectivity index (χ4v) is 8.24. The van der Waals surface area contributed by atoms with E-state index < -0.39 is 39.7 Å². The highest BCUT2D eigenvalue weighted by molar-refractivity contribution is 8.00. The molecule has 2 aliphatic heterocycles. The molecule has 3 heterocycles. The molecule has 3 amide bonds. The highest BCUT2D eigenvalue weighted by Gasteiger charge is 2.56. The van der Waals surface area contributed by atoms with Gasteiger partial charge in [0.25, 0.3) is 5.69 Å². The van der Waals surface area contributed by atoms with Crippen molar-refractivity contribution in [3.8, 4) is 5.75 Å². The first-order valence-corrected chi connectivity index (χ1v) is 14.9. The predicted octanol–water partition coefficient (Wildman–Crippen LogP) is 4.57. The van der Waals surface area contributed by atoms with Crippen LogP contribution in [-0.4, -0.2) is 39.6 Å². The van der Waals surface area contributed by atoms with Crippen LogP contribution in [0.5, 0.6) is 5.75 Å². The zero-order valence-corrected chi connectivity index (χ0v) is 24.5. The number of thioether (sulfide) groups is 1. The number of thiazole rings is 1. The standard InChI is InChI=1S/C30H24N4O7S2/c1-16-4-3-5-18(14-16)31-22(35)15-32-29-26(43-30(32)38)23(17-6-12-21(41-2)13-7-17)24-25(42-29)28(37)33(27(24)36)19-8-10-20(11-9-19)34(39)40/h3-14,23-25H,15H2,1-2H3,(H,31,35)/t23-,24-,25+/m0/s1. The van der Waals surface area contributed by atoms with Crippen LogP contribution in [-0.2, 0) is 20.9 Å². The van der Waals surface area contributed by atoms with Crippen molar-refractivity contribution in [2.45, 2.75) is 29.7 Å². The van der Waals surface area contributed by atoms with E-state index in [0.717, 1.165) is 33.6 Å². The number of benzene rings is 3. The number of non-ortho nitro benzene ring substituents is 1. The number of hydrogen-bond donors (Lipinski definition) is 1. The Morgan fingerprint density at radius 1 is 1.02 bits per heavy atom. The van der Waals surface area contributed by atoms with E-state index in [2.05, 4.69) is 5.32 Å². The van der Waals surface area contributed by atoms with Crippen molar-refractivity contribution in [2.75, 3.05) is 17.3 Å². The minimum atomic E-state index is -0.887. The summed E-state index contributed by atoms with van der Waals surface area (Å²) in [7, 11) is 1.54. The van der Waals surface area contributed by atoms with E-state index in [4.69, 9.17) is 4.74 Å². The van der Waals surface area contributed by atoms with Crippen LogP contribution < -0.4 is 19.8 Å². The van der Waals surface area contributed by atoms with E-state index in [1.165, 1.54) is 35.9 Å². The number of ether oxygens (including phenoxy) is 1. The number of hydrogen-bond acceptors (Lipinski definition) is 9. The van der Waals surface area contributed by atoms with Crippen molar-refractivity contribution in [3.05, 3.63) is 109 Å². The number of anilines is 2. The summed E-state index contributed by atoms with van der Waals surface area (Å²) in [5.41, 5.74) is 2.33. The normalized spacial score (nSPS) is 19.1. The maximum Gasteiger partial charge on any atom is 0.308 e. The molecular weight excluding hydrogens is 592 g/mol. The number of rotatable bonds is 7. The van der Waals surface area contributed by atoms with Crippen molar-refractivity contribution in [1.82, 2.24) is 4.57 Å². The van der Waals surface area contributed by atoms with Gasteiger partial charge in [-0.05, 0) is 54.4 Å². The highest BCUT2D eigenvalue weighted by Crippen LogP contribution is 2.54. The van der Waals surface area contributed by atoms with Crippen LogP contribution >= 0.6 is 23.1 Å². The lowest BCUT2D eigenvalue weighted by molar-refractivity contribution is -0.384. The molecule has 11 nitrogen and oxygen atoms in total. The third kappa shape index (κ3) is 5.10. The summed E-state index contributed by atoms with van der Waals surface area (Å²) in [6.45, 7) is 1.63. The number of aromatic nitrogens is 1. The second kappa shape index (κ2) is 11.2. The van der Waals surface area contributed by atoms with Gasteiger partial charge in [0.1, 0.15) is 17.5 Å². The van der Waals surface area contributed by atoms with Crippen LogP contribution in [0.4, 0.5) is 17.1 Å². The zero-order chi connectivity index (χ0) is 30.4. The molecule has 0 radical (unpaired) electrons. The summed E-state index contributed by atoms with van der Waals surface area (Å²) in [5, 5.41) is 13.5. The highest BCUT2D eigenvalue weighted by atomic mass is 32.2. The van der Waals surface area contributed by atoms with Crippen molar-refractivity contribution in [2.24, 2.45) is 5.92 Å². The van der Waals surface area contributed by atoms with Gasteiger partial charge in [0.15, 0.2) is 0 Å². The first-order chi connectivity index (χ1) is 20.7. The average molecular weight is 617 g/mol. The molecule has 0 saturated carbocycles. The Kier molecular flexibility index (Phi) is 7.36. The van der Waals surface area contributed by atoms with Gasteiger partial charge >= 0.3 is 4.87 Å². The average Bonchev–Trinajstić information content (AvgIpc) is 3.43. The van der Waals surface area contributed by atoms with E-state index >= 15 is 0 Å². The van der Waals surface area contributed by atoms with E-state index in [9.17, 15) is 29.3 Å². The number of imide groups is 1. The molecule has 4 aromatic rings. The Morgan fingerprint density at radius 3 is 2.40 bits per heavy atom. The molecule has 0 spiro atoms. The van der Waals surface area contributed by atoms with Crippen molar-refractivity contribution < 1.29 is 24.0 Å². The number of methoxy groups -OCH3 is 1. The maximum absolute atomic E-state index is 14.0. The van der Waals surface area contributed by atoms with Gasteiger partial charge in [-0.1, -0.05) is 47.4 Å². The summed E-state index contributed by atoms with van der Waals surface area (Å²) in [6.07, 6.45) is 0. The maximum atomic E-state index is 14.0. The number of nitrogens with zero attached hydrogens (tertiary/aromatic N) is 3. The monoisotopic (exact) mass is 616 g/mol. The molecule has 0 bridgehead atoms. The van der Waals surface area contributed by atoms with E-state index in [1.807, 2.05) is 25.1 Å². The summed E-state index contributed by atoms with van der Waals surface area (Å²) in [5.74, 6) is -2.25. The summed E-state index contributed by atoms with van der Waals surface area (Å²) in [6, 6.07) is 19.6. The number of nitrogens with one attached hydrogen (secondary N) is 1. The lowest BCUT2D eigenvalue weighted by Gasteiger charge is -2.30. The molecule has 1 fully saturated rings. The number of aryl methyl sites for hydroxylation is 1. The first kappa shape index (κ1) is 28.4. The number of carbonyl (C=O) groups excluding carboxylic acids is 3. The number of fused-ring (bicyclic) bond motifs is 2. The van der Waals surface area contributed by atoms with Crippen LogP contribution in [0.15, 0.2) is 82.6 Å². The number of nitro groups is 1. The van der Waals surface area contributed by atoms with Gasteiger partial charge in [0.2, 0.25) is 17.7 Å². The van der Waals surface area contributed by atoms with E-state index in [-0.39, 0.29) is 22.8 Å². The predicted molar refractivity (Wildman–Crippen MR) is 162 cm³/mol. The van der Waals surface area contributed by atoms with Crippen LogP contribution in [0.1, 0.15) is 21.9 Å². The second-order valence-electron chi connectivity index (χ2n) is 10.1. The van der Waals surface area contributed by atoms with Gasteiger partial charge in [-0.25, -0.2) is 4.90 Å². The van der Waals surface area contributed by atoms with Crippen molar-refractivity contribution >= 4 is 57.9 Å². The number of nitro benzene ring substituents is 1. The molecule has 0 aliphatic carbocycles. The third-order valence-electron chi connectivity index (χ3n) is 7.45. The molecule has 0 unspecified atom stereocenters. The Bertz CT molecular complexity index is 1830. The molecule has 13 heteroatoms. The molecule has 1 aromatic heterocycles. The Balaban J connectivity index is 1.40. The van der Waals surface area contributed by atoms with E-state index in [0.29, 0.717) is 26.9 Å². The Labute approximate surface area is 253 Å². The minimum Gasteiger partial charge on any atom is -0.497 e. The third-order valence-corrected chi connectivity index (χ3v) is 10.1. The number of amides is 3. The molecule has 43 heavy (non-hydrogen) atoms. The summed E-state index contributed by atoms with van der Waals surface area (Å²) in [4.78, 5) is 66.0. The van der Waals surface area contributed by atoms with Gasteiger partial charge < -0.3 is 10.1 Å². The fourth-order valence-electron chi connectivity index (χ4n) is 5.47. The van der Waals surface area contributed by atoms with Gasteiger partial charge in [-0.2, -0.15) is 0 Å². The molecular formula is C30H24N4O7S2. The molecule has 218 valence electrons. The van der Waals surface area contributed by atoms with Gasteiger partial charge in [0.05, 0.1) is 28.7 Å². The Hall–Kier alpha value is -4.75. The van der Waals surface area contributed by atoms with Crippen molar-refractivity contribution in [3.63, 3.8) is 0 Å². The minimum absolute atomic E-state index is 0.166. The molecule has 2 aliphatic rings. The molecule has 1 N–H and O–H groups in total. The van der Waals surface area contributed by atoms with Gasteiger partial charge in [-0.3, -0.25) is 33.9 Å². The molecule has 3 atom stereocenters. The van der Waals surface area contributed by atoms with E-state index in [1.54, 1.807) is 30.3 Å². The smallest absolute Gasteiger partial charge is 0.308 e. The molecule has 1 saturated heterocycles. The lowest BCUT2D eigenvalue weighted by atomic mass is 9.83. The molecule has 6 rings (SSSR count). The fraction of sp³-hybridized carbons (Fsp3) is 0.200. The lowest BCUT2D eigenvalue weighted by Crippen LogP contribution is -2.33. The summed E-state index contributed by atoms with van der Waals surface area (Å²) < 4.78 is 6.65. The Morgan fingerprint density at radius 2 is 1.74 bits per heavy atom. The zero-order valence-electron chi connectivity index (χ0n) is 22.9. The topological polar surface area (TPSA) is 141 Å². The summed E-state index contributed by atoms with van der Waals surface area (Å²) >= 11 is 2.05. The van der Waals surface area contributed by atoms with Crippen LogP contribution in [0.2, 0.25) is 0 Å². The first-order valence-electron chi connectivity index (χ1n) is 13.2. The quantitative estimate of drug-likeness (QED) is 0.181. The second-order valence-corrected chi connectivity index (χ2v) is 12.3. The van der Waals surface area contributed by atoms with Gasteiger partial charge in [-0.15, -0.1) is 0 Å². The van der Waals surface area contributed by atoms with Crippen LogP contribution in [0.3, 0.4) is 0 Å². The van der Waals surface area contributed by atoms with Gasteiger partial charge in [0, 0.05) is 28.6 Å². The van der Waals surface area contributed by atoms with Crippen LogP contribution in [0.25, 0.3) is 0 Å². The largest absolute Gasteiger partial charge is 0.497 e. The SMILES string of the molecule is COc1ccc([C@@H]2c3sc(=O)n(CC(=O)Nc4cccc(C)c4)c3S[C@H]3C(=O)N(c4ccc([N+](=O)[O-])cc4)C(=O)[C@@H]23)cc1.